The normalized spacial score (nSPS) is 13.9. The molecule has 162 valence electrons. The molecule has 0 saturated carbocycles. The molecule has 0 spiro atoms. The number of fused-ring (bicyclic) bond motifs is 1. The molecule has 6 nitrogen and oxygen atoms in total. The number of halogens is 3. The van der Waals surface area contributed by atoms with Crippen LogP contribution in [0.2, 0.25) is 0 Å². The highest BCUT2D eigenvalue weighted by molar-refractivity contribution is 7.91. The smallest absolute Gasteiger partial charge is 0.417 e. The van der Waals surface area contributed by atoms with Crippen molar-refractivity contribution in [2.24, 2.45) is 0 Å². The number of anilines is 1. The summed E-state index contributed by atoms with van der Waals surface area (Å²) < 4.78 is 73.2. The molecule has 2 heterocycles. The Morgan fingerprint density at radius 2 is 1.87 bits per heavy atom. The minimum absolute atomic E-state index is 0.0745. The monoisotopic (exact) mass is 449 g/mol. The minimum atomic E-state index is -4.85. The molecule has 0 radical (unpaired) electrons. The first-order valence-electron chi connectivity index (χ1n) is 9.24. The minimum Gasteiger partial charge on any atom is -0.497 e. The van der Waals surface area contributed by atoms with E-state index in [9.17, 15) is 21.6 Å². The molecule has 0 saturated heterocycles. The second-order valence-corrected chi connectivity index (χ2v) is 8.82. The first-order chi connectivity index (χ1) is 14.7. The fourth-order valence-electron chi connectivity index (χ4n) is 3.37. The molecule has 3 aromatic rings. The molecule has 1 aliphatic rings. The van der Waals surface area contributed by atoms with Crippen molar-refractivity contribution in [2.45, 2.75) is 29.1 Å². The Labute approximate surface area is 177 Å². The van der Waals surface area contributed by atoms with Crippen molar-refractivity contribution < 1.29 is 26.3 Å². The van der Waals surface area contributed by atoms with Crippen LogP contribution in [0.1, 0.15) is 11.1 Å². The molecular weight excluding hydrogens is 431 g/mol. The summed E-state index contributed by atoms with van der Waals surface area (Å²) in [7, 11) is -3.17. The van der Waals surface area contributed by atoms with Gasteiger partial charge in [-0.2, -0.15) is 13.2 Å². The number of imidazole rings is 1. The summed E-state index contributed by atoms with van der Waals surface area (Å²) in [6, 6.07) is 8.60. The van der Waals surface area contributed by atoms with Crippen molar-refractivity contribution in [3.63, 3.8) is 0 Å². The molecule has 1 aliphatic heterocycles. The van der Waals surface area contributed by atoms with Gasteiger partial charge in [-0.25, -0.2) is 13.4 Å². The van der Waals surface area contributed by atoms with Gasteiger partial charge in [0.2, 0.25) is 15.8 Å². The standard InChI is InChI=1S/C21H18F3N3O3S/c1-30-16-5-8-19(18(13-16)21(22,23)24)31(28,29)17-6-3-15(4-7-17)14-27-11-2-10-26-12-9-25-20(26)27/h2-9,11-13H,10,14H2,1H3. The fraction of sp³-hybridized carbons (Fsp3) is 0.190. The number of ether oxygens (including phenoxy) is 1. The summed E-state index contributed by atoms with van der Waals surface area (Å²) in [4.78, 5) is 5.17. The molecule has 0 unspecified atom stereocenters. The number of aromatic nitrogens is 2. The van der Waals surface area contributed by atoms with Gasteiger partial charge in [0.15, 0.2) is 0 Å². The first kappa shape index (κ1) is 21.0. The van der Waals surface area contributed by atoms with E-state index in [1.165, 1.54) is 25.3 Å². The Balaban J connectivity index is 1.64. The van der Waals surface area contributed by atoms with Crippen LogP contribution in [0.25, 0.3) is 0 Å². The molecule has 10 heteroatoms. The number of allylic oxidation sites excluding steroid dienone is 1. The number of benzene rings is 2. The summed E-state index contributed by atoms with van der Waals surface area (Å²) in [5, 5.41) is 0. The van der Waals surface area contributed by atoms with Crippen molar-refractivity contribution in [3.8, 4) is 5.75 Å². The lowest BCUT2D eigenvalue weighted by molar-refractivity contribution is -0.140. The van der Waals surface area contributed by atoms with E-state index in [-0.39, 0.29) is 10.6 Å². The molecule has 0 bridgehead atoms. The van der Waals surface area contributed by atoms with Gasteiger partial charge < -0.3 is 14.2 Å². The number of alkyl halides is 3. The second kappa shape index (κ2) is 7.77. The Morgan fingerprint density at radius 1 is 1.13 bits per heavy atom. The van der Waals surface area contributed by atoms with Gasteiger partial charge in [-0.1, -0.05) is 12.1 Å². The molecule has 0 atom stereocenters. The molecule has 1 aromatic heterocycles. The molecule has 0 fully saturated rings. The predicted molar refractivity (Wildman–Crippen MR) is 107 cm³/mol. The van der Waals surface area contributed by atoms with E-state index in [1.807, 2.05) is 27.9 Å². The van der Waals surface area contributed by atoms with Gasteiger partial charge in [-0.3, -0.25) is 0 Å². The van der Waals surface area contributed by atoms with E-state index in [0.29, 0.717) is 19.2 Å². The molecule has 31 heavy (non-hydrogen) atoms. The third-order valence-corrected chi connectivity index (χ3v) is 6.73. The number of nitrogens with zero attached hydrogens (tertiary/aromatic N) is 3. The van der Waals surface area contributed by atoms with Crippen molar-refractivity contribution in [1.82, 2.24) is 9.55 Å². The lowest BCUT2D eigenvalue weighted by Gasteiger charge is -2.24. The summed E-state index contributed by atoms with van der Waals surface area (Å²) in [5.74, 6) is 0.682. The van der Waals surface area contributed by atoms with Crippen molar-refractivity contribution in [1.29, 1.82) is 0 Å². The topological polar surface area (TPSA) is 64.4 Å². The Kier molecular flexibility index (Phi) is 5.26. The molecule has 0 N–H and O–H groups in total. The maximum absolute atomic E-state index is 13.5. The van der Waals surface area contributed by atoms with Crippen molar-refractivity contribution in [3.05, 3.63) is 78.3 Å². The van der Waals surface area contributed by atoms with Gasteiger partial charge in [0.1, 0.15) is 5.75 Å². The summed E-state index contributed by atoms with van der Waals surface area (Å²) >= 11 is 0. The highest BCUT2D eigenvalue weighted by Gasteiger charge is 2.38. The zero-order valence-electron chi connectivity index (χ0n) is 16.4. The van der Waals surface area contributed by atoms with E-state index in [2.05, 4.69) is 4.98 Å². The van der Waals surface area contributed by atoms with Crippen LogP contribution in [-0.4, -0.2) is 25.1 Å². The first-order valence-corrected chi connectivity index (χ1v) is 10.7. The van der Waals surface area contributed by atoms with Crippen LogP contribution in [0.3, 0.4) is 0 Å². The lowest BCUT2D eigenvalue weighted by atomic mass is 10.2. The van der Waals surface area contributed by atoms with Crippen LogP contribution >= 0.6 is 0 Å². The average Bonchev–Trinajstić information content (AvgIpc) is 3.23. The Morgan fingerprint density at radius 3 is 2.55 bits per heavy atom. The molecular formula is C21H18F3N3O3S. The predicted octanol–water partition coefficient (Wildman–Crippen LogP) is 4.28. The van der Waals surface area contributed by atoms with E-state index in [4.69, 9.17) is 4.74 Å². The number of hydrogen-bond donors (Lipinski definition) is 0. The van der Waals surface area contributed by atoms with Crippen LogP contribution in [0.4, 0.5) is 19.1 Å². The van der Waals surface area contributed by atoms with E-state index in [1.54, 1.807) is 18.3 Å². The number of methoxy groups -OCH3 is 1. The van der Waals surface area contributed by atoms with Crippen molar-refractivity contribution in [2.75, 3.05) is 12.0 Å². The van der Waals surface area contributed by atoms with Crippen LogP contribution in [0.15, 0.2) is 76.9 Å². The summed E-state index contributed by atoms with van der Waals surface area (Å²) in [6.45, 7) is 1.15. The van der Waals surface area contributed by atoms with Crippen LogP contribution in [0.5, 0.6) is 5.75 Å². The third kappa shape index (κ3) is 4.02. The van der Waals surface area contributed by atoms with Crippen LogP contribution < -0.4 is 9.64 Å². The lowest BCUT2D eigenvalue weighted by Crippen LogP contribution is -2.23. The van der Waals surface area contributed by atoms with Crippen LogP contribution in [-0.2, 0) is 29.1 Å². The zero-order valence-corrected chi connectivity index (χ0v) is 17.2. The highest BCUT2D eigenvalue weighted by atomic mass is 32.2. The summed E-state index contributed by atoms with van der Waals surface area (Å²) in [6.07, 6.45) is 2.56. The van der Waals surface area contributed by atoms with Gasteiger partial charge in [-0.15, -0.1) is 0 Å². The molecule has 0 amide bonds. The fourth-order valence-corrected chi connectivity index (χ4v) is 4.83. The maximum Gasteiger partial charge on any atom is 0.417 e. The van der Waals surface area contributed by atoms with E-state index >= 15 is 0 Å². The maximum atomic E-state index is 13.5. The zero-order chi connectivity index (χ0) is 22.2. The van der Waals surface area contributed by atoms with Crippen LogP contribution in [0, 0.1) is 0 Å². The van der Waals surface area contributed by atoms with Gasteiger partial charge in [-0.05, 0) is 42.0 Å². The van der Waals surface area contributed by atoms with Gasteiger partial charge in [0, 0.05) is 25.1 Å². The SMILES string of the molecule is COc1ccc(S(=O)(=O)c2ccc(CN3C=CCn4ccnc43)cc2)c(C(F)(F)F)c1. The largest absolute Gasteiger partial charge is 0.497 e. The number of rotatable bonds is 5. The van der Waals surface area contributed by atoms with E-state index in [0.717, 1.165) is 17.6 Å². The van der Waals surface area contributed by atoms with Gasteiger partial charge in [0.25, 0.3) is 0 Å². The molecule has 4 rings (SSSR count). The number of sulfone groups is 1. The van der Waals surface area contributed by atoms with Gasteiger partial charge >= 0.3 is 6.18 Å². The molecule has 2 aromatic carbocycles. The second-order valence-electron chi connectivity index (χ2n) is 6.90. The average molecular weight is 449 g/mol. The quantitative estimate of drug-likeness (QED) is 0.582. The number of hydrogen-bond acceptors (Lipinski definition) is 5. The highest BCUT2D eigenvalue weighted by Crippen LogP contribution is 2.38. The Bertz CT molecular complexity index is 1230. The third-order valence-electron chi connectivity index (χ3n) is 4.91. The summed E-state index contributed by atoms with van der Waals surface area (Å²) in [5.41, 5.74) is -0.480. The van der Waals surface area contributed by atoms with Gasteiger partial charge in [0.05, 0.1) is 29.0 Å². The molecule has 0 aliphatic carbocycles. The van der Waals surface area contributed by atoms with E-state index < -0.39 is 26.5 Å². The Hall–Kier alpha value is -3.27. The van der Waals surface area contributed by atoms with Crippen molar-refractivity contribution >= 4 is 15.8 Å².